The molecule has 1 unspecified atom stereocenters. The Kier molecular flexibility index (Phi) is 4.12. The second-order valence-electron chi connectivity index (χ2n) is 5.03. The van der Waals surface area contributed by atoms with Crippen molar-refractivity contribution < 1.29 is 4.52 Å². The average Bonchev–Trinajstić information content (AvgIpc) is 2.90. The molecule has 2 rings (SSSR count). The molecule has 1 aliphatic heterocycles. The van der Waals surface area contributed by atoms with Crippen LogP contribution in [0.25, 0.3) is 0 Å². The van der Waals surface area contributed by atoms with E-state index in [9.17, 15) is 0 Å². The lowest BCUT2D eigenvalue weighted by atomic mass is 10.2. The summed E-state index contributed by atoms with van der Waals surface area (Å²) in [5, 5.41) is 7.29. The number of likely N-dealkylation sites (tertiary alicyclic amines) is 1. The number of nitrogens with zero attached hydrogens (tertiary/aromatic N) is 3. The molecule has 0 aliphatic carbocycles. The summed E-state index contributed by atoms with van der Waals surface area (Å²) in [5.74, 6) is 1.86. The molecule has 5 heteroatoms. The van der Waals surface area contributed by atoms with E-state index >= 15 is 0 Å². The van der Waals surface area contributed by atoms with E-state index < -0.39 is 0 Å². The van der Waals surface area contributed by atoms with Gasteiger partial charge in [-0.25, -0.2) is 0 Å². The monoisotopic (exact) mass is 238 g/mol. The Bertz CT molecular complexity index is 350. The first-order valence-electron chi connectivity index (χ1n) is 6.42. The topological polar surface area (TPSA) is 54.2 Å². The van der Waals surface area contributed by atoms with Crippen molar-refractivity contribution in [3.05, 3.63) is 11.7 Å². The van der Waals surface area contributed by atoms with Gasteiger partial charge in [-0.3, -0.25) is 4.90 Å². The van der Waals surface area contributed by atoms with Gasteiger partial charge in [0.2, 0.25) is 5.89 Å². The number of aromatic nitrogens is 2. The first-order valence-corrected chi connectivity index (χ1v) is 6.42. The summed E-state index contributed by atoms with van der Waals surface area (Å²) in [5.41, 5.74) is 0. The van der Waals surface area contributed by atoms with E-state index in [1.165, 1.54) is 12.8 Å². The van der Waals surface area contributed by atoms with Crippen LogP contribution < -0.4 is 5.32 Å². The van der Waals surface area contributed by atoms with Gasteiger partial charge in [-0.05, 0) is 26.4 Å². The molecule has 2 heterocycles. The largest absolute Gasteiger partial charge is 0.339 e. The Morgan fingerprint density at radius 1 is 1.53 bits per heavy atom. The van der Waals surface area contributed by atoms with E-state index in [1.807, 2.05) is 7.05 Å². The summed E-state index contributed by atoms with van der Waals surface area (Å²) in [7, 11) is 2.00. The molecule has 1 N–H and O–H groups in total. The molecule has 0 saturated carbocycles. The summed E-state index contributed by atoms with van der Waals surface area (Å²) in [6, 6.07) is 0.612. The zero-order chi connectivity index (χ0) is 12.3. The van der Waals surface area contributed by atoms with Crippen LogP contribution in [0.5, 0.6) is 0 Å². The van der Waals surface area contributed by atoms with Crippen molar-refractivity contribution in [3.8, 4) is 0 Å². The first-order chi connectivity index (χ1) is 8.20. The fraction of sp³-hybridized carbons (Fsp3) is 0.833. The summed E-state index contributed by atoms with van der Waals surface area (Å²) in [6.07, 6.45) is 2.52. The molecule has 1 aromatic rings. The molecule has 0 radical (unpaired) electrons. The fourth-order valence-corrected chi connectivity index (χ4v) is 2.32. The highest BCUT2D eigenvalue weighted by Crippen LogP contribution is 2.19. The molecule has 1 saturated heterocycles. The molecule has 96 valence electrons. The van der Waals surface area contributed by atoms with Crippen LogP contribution in [0.2, 0.25) is 0 Å². The van der Waals surface area contributed by atoms with Gasteiger partial charge in [0.05, 0.1) is 6.54 Å². The maximum absolute atomic E-state index is 5.23. The van der Waals surface area contributed by atoms with E-state index in [0.717, 1.165) is 31.3 Å². The van der Waals surface area contributed by atoms with E-state index in [-0.39, 0.29) is 0 Å². The maximum atomic E-state index is 5.23. The van der Waals surface area contributed by atoms with Gasteiger partial charge in [-0.15, -0.1) is 0 Å². The zero-order valence-corrected chi connectivity index (χ0v) is 10.9. The van der Waals surface area contributed by atoms with Crippen molar-refractivity contribution in [2.75, 3.05) is 20.1 Å². The molecule has 5 nitrogen and oxygen atoms in total. The van der Waals surface area contributed by atoms with Crippen molar-refractivity contribution in [1.82, 2.24) is 20.4 Å². The second-order valence-corrected chi connectivity index (χ2v) is 5.03. The minimum Gasteiger partial charge on any atom is -0.339 e. The molecule has 0 amide bonds. The second kappa shape index (κ2) is 5.60. The van der Waals surface area contributed by atoms with Crippen molar-refractivity contribution in [2.45, 2.75) is 45.2 Å². The van der Waals surface area contributed by atoms with Crippen LogP contribution in [-0.4, -0.2) is 41.2 Å². The lowest BCUT2D eigenvalue weighted by Crippen LogP contribution is -2.36. The van der Waals surface area contributed by atoms with E-state index in [2.05, 4.69) is 34.2 Å². The molecule has 1 fully saturated rings. The van der Waals surface area contributed by atoms with Gasteiger partial charge in [0.1, 0.15) is 0 Å². The predicted octanol–water partition coefficient (Wildman–Crippen LogP) is 1.38. The average molecular weight is 238 g/mol. The molecule has 0 aromatic carbocycles. The SMILES string of the molecule is CNCC1CCCN1Cc1noc(C(C)C)n1. The van der Waals surface area contributed by atoms with Crippen molar-refractivity contribution in [1.29, 1.82) is 0 Å². The third kappa shape index (κ3) is 3.04. The molecule has 17 heavy (non-hydrogen) atoms. The number of likely N-dealkylation sites (N-methyl/N-ethyl adjacent to an activating group) is 1. The van der Waals surface area contributed by atoms with Crippen LogP contribution in [0, 0.1) is 0 Å². The van der Waals surface area contributed by atoms with Gasteiger partial charge in [0, 0.05) is 18.5 Å². The minimum absolute atomic E-state index is 0.308. The van der Waals surface area contributed by atoms with Gasteiger partial charge >= 0.3 is 0 Å². The highest BCUT2D eigenvalue weighted by molar-refractivity contribution is 4.92. The highest BCUT2D eigenvalue weighted by atomic mass is 16.5. The van der Waals surface area contributed by atoms with Crippen LogP contribution in [-0.2, 0) is 6.54 Å². The first kappa shape index (κ1) is 12.5. The van der Waals surface area contributed by atoms with Crippen LogP contribution in [0.3, 0.4) is 0 Å². The van der Waals surface area contributed by atoms with E-state index in [1.54, 1.807) is 0 Å². The Hall–Kier alpha value is -0.940. The van der Waals surface area contributed by atoms with Gasteiger partial charge in [0.15, 0.2) is 5.82 Å². The Morgan fingerprint density at radius 2 is 2.35 bits per heavy atom. The Balaban J connectivity index is 1.94. The lowest BCUT2D eigenvalue weighted by molar-refractivity contribution is 0.232. The standard InChI is InChI=1S/C12H22N4O/c1-9(2)12-14-11(15-17-12)8-16-6-4-5-10(16)7-13-3/h9-10,13H,4-8H2,1-3H3. The van der Waals surface area contributed by atoms with E-state index in [4.69, 9.17) is 4.52 Å². The van der Waals surface area contributed by atoms with Gasteiger partial charge in [0.25, 0.3) is 0 Å². The fourth-order valence-electron chi connectivity index (χ4n) is 2.32. The Morgan fingerprint density at radius 3 is 3.00 bits per heavy atom. The van der Waals surface area contributed by atoms with Crippen molar-refractivity contribution in [3.63, 3.8) is 0 Å². The molecule has 1 aliphatic rings. The predicted molar refractivity (Wildman–Crippen MR) is 65.7 cm³/mol. The summed E-state index contributed by atoms with van der Waals surface area (Å²) < 4.78 is 5.23. The van der Waals surface area contributed by atoms with E-state index in [0.29, 0.717) is 12.0 Å². The molecule has 0 spiro atoms. The van der Waals surface area contributed by atoms with Crippen LogP contribution in [0.1, 0.15) is 44.3 Å². The molecular formula is C12H22N4O. The number of rotatable bonds is 5. The van der Waals surface area contributed by atoms with Crippen molar-refractivity contribution in [2.24, 2.45) is 0 Å². The smallest absolute Gasteiger partial charge is 0.229 e. The van der Waals surface area contributed by atoms with Crippen LogP contribution in [0.15, 0.2) is 4.52 Å². The summed E-state index contributed by atoms with van der Waals surface area (Å²) in [4.78, 5) is 6.86. The van der Waals surface area contributed by atoms with Crippen LogP contribution in [0.4, 0.5) is 0 Å². The molecule has 1 atom stereocenters. The molecule has 1 aromatic heterocycles. The van der Waals surface area contributed by atoms with Gasteiger partial charge in [-0.2, -0.15) is 4.98 Å². The summed E-state index contributed by atoms with van der Waals surface area (Å²) in [6.45, 7) is 7.11. The molecule has 0 bridgehead atoms. The van der Waals surface area contributed by atoms with Crippen LogP contribution >= 0.6 is 0 Å². The Labute approximate surface area is 103 Å². The van der Waals surface area contributed by atoms with Gasteiger partial charge < -0.3 is 9.84 Å². The summed E-state index contributed by atoms with van der Waals surface area (Å²) >= 11 is 0. The van der Waals surface area contributed by atoms with Gasteiger partial charge in [-0.1, -0.05) is 19.0 Å². The zero-order valence-electron chi connectivity index (χ0n) is 10.9. The number of hydrogen-bond acceptors (Lipinski definition) is 5. The maximum Gasteiger partial charge on any atom is 0.229 e. The minimum atomic E-state index is 0.308. The highest BCUT2D eigenvalue weighted by Gasteiger charge is 2.25. The number of hydrogen-bond donors (Lipinski definition) is 1. The normalized spacial score (nSPS) is 21.5. The number of nitrogens with one attached hydrogen (secondary N) is 1. The quantitative estimate of drug-likeness (QED) is 0.840. The third-order valence-corrected chi connectivity index (χ3v) is 3.26. The third-order valence-electron chi connectivity index (χ3n) is 3.26. The van der Waals surface area contributed by atoms with Crippen molar-refractivity contribution >= 4 is 0 Å². The molecular weight excluding hydrogens is 216 g/mol. The lowest BCUT2D eigenvalue weighted by Gasteiger charge is -2.22.